The van der Waals surface area contributed by atoms with E-state index in [-0.39, 0.29) is 12.4 Å². The molecule has 0 saturated heterocycles. The molecule has 0 amide bonds. The van der Waals surface area contributed by atoms with Gasteiger partial charge in [0.05, 0.1) is 17.9 Å². The van der Waals surface area contributed by atoms with Crippen LogP contribution in [0.4, 0.5) is 0 Å². The van der Waals surface area contributed by atoms with E-state index >= 15 is 0 Å². The van der Waals surface area contributed by atoms with Gasteiger partial charge in [-0.15, -0.1) is 0 Å². The van der Waals surface area contributed by atoms with Gasteiger partial charge in [-0.1, -0.05) is 0 Å². The minimum absolute atomic E-state index is 0.140. The minimum atomic E-state index is -0.637. The molecule has 0 aromatic rings. The molecule has 0 N–H and O–H groups in total. The summed E-state index contributed by atoms with van der Waals surface area (Å²) in [5.74, 6) is -0.320. The van der Waals surface area contributed by atoms with Crippen LogP contribution in [-0.2, 0) is 9.53 Å². The molecule has 3 nitrogen and oxygen atoms in total. The van der Waals surface area contributed by atoms with Crippen molar-refractivity contribution < 1.29 is 9.53 Å². The first kappa shape index (κ1) is 12.0. The number of nitriles is 1. The highest BCUT2D eigenvalue weighted by atomic mass is 16.6. The molecule has 74 valence electrons. The van der Waals surface area contributed by atoms with Gasteiger partial charge in [0.2, 0.25) is 0 Å². The minimum Gasteiger partial charge on any atom is -0.460 e. The highest BCUT2D eigenvalue weighted by Gasteiger charge is 2.25. The van der Waals surface area contributed by atoms with Gasteiger partial charge in [-0.2, -0.15) is 5.26 Å². The maximum absolute atomic E-state index is 11.3. The number of carbonyl (C=O) groups is 1. The number of rotatable bonds is 2. The number of nitrogens with zero attached hydrogens (tertiary/aromatic N) is 1. The second-order valence-electron chi connectivity index (χ2n) is 4.76. The third-order valence-corrected chi connectivity index (χ3v) is 1.31. The van der Waals surface area contributed by atoms with E-state index in [1.165, 1.54) is 0 Å². The van der Waals surface area contributed by atoms with Crippen LogP contribution in [0.1, 0.15) is 41.0 Å². The molecule has 0 rings (SSSR count). The van der Waals surface area contributed by atoms with Crippen molar-refractivity contribution in [1.82, 2.24) is 0 Å². The number of hydrogen-bond acceptors (Lipinski definition) is 3. The first-order valence-corrected chi connectivity index (χ1v) is 4.29. The van der Waals surface area contributed by atoms with Crippen LogP contribution >= 0.6 is 0 Å². The topological polar surface area (TPSA) is 50.1 Å². The number of carbonyl (C=O) groups excluding carboxylic acids is 1. The number of ether oxygens (including phenoxy) is 1. The van der Waals surface area contributed by atoms with E-state index in [2.05, 4.69) is 6.07 Å². The maximum atomic E-state index is 11.3. The van der Waals surface area contributed by atoms with E-state index in [1.54, 1.807) is 13.8 Å². The lowest BCUT2D eigenvalue weighted by atomic mass is 9.91. The van der Waals surface area contributed by atoms with Crippen LogP contribution in [-0.4, -0.2) is 11.6 Å². The fourth-order valence-electron chi connectivity index (χ4n) is 0.778. The van der Waals surface area contributed by atoms with E-state index in [0.29, 0.717) is 0 Å². The molecule has 13 heavy (non-hydrogen) atoms. The van der Waals surface area contributed by atoms with Crippen LogP contribution in [0.3, 0.4) is 0 Å². The molecule has 0 fully saturated rings. The van der Waals surface area contributed by atoms with Gasteiger partial charge in [0.1, 0.15) is 5.60 Å². The van der Waals surface area contributed by atoms with Crippen molar-refractivity contribution in [3.8, 4) is 6.07 Å². The lowest BCUT2D eigenvalue weighted by molar-refractivity contribution is -0.156. The van der Waals surface area contributed by atoms with Crippen LogP contribution in [0.15, 0.2) is 0 Å². The van der Waals surface area contributed by atoms with Gasteiger partial charge in [-0.3, -0.25) is 4.79 Å². The van der Waals surface area contributed by atoms with Crippen molar-refractivity contribution in [3.05, 3.63) is 0 Å². The first-order valence-electron chi connectivity index (χ1n) is 4.29. The van der Waals surface area contributed by atoms with Gasteiger partial charge in [-0.05, 0) is 34.6 Å². The van der Waals surface area contributed by atoms with E-state index in [9.17, 15) is 4.79 Å². The van der Waals surface area contributed by atoms with Crippen LogP contribution < -0.4 is 0 Å². The lowest BCUT2D eigenvalue weighted by Crippen LogP contribution is -2.27. The number of hydrogen-bond donors (Lipinski definition) is 0. The zero-order chi connectivity index (χ0) is 10.7. The Morgan fingerprint density at radius 1 is 1.31 bits per heavy atom. The van der Waals surface area contributed by atoms with Crippen LogP contribution in [0.5, 0.6) is 0 Å². The molecular formula is C10H17NO2. The molecule has 0 saturated carbocycles. The van der Waals surface area contributed by atoms with Crippen molar-refractivity contribution in [2.24, 2.45) is 5.41 Å². The quantitative estimate of drug-likeness (QED) is 0.617. The molecule has 0 aromatic carbocycles. The van der Waals surface area contributed by atoms with E-state index < -0.39 is 11.0 Å². The maximum Gasteiger partial charge on any atom is 0.307 e. The summed E-state index contributed by atoms with van der Waals surface area (Å²) in [6, 6.07) is 2.06. The molecule has 0 spiro atoms. The second-order valence-corrected chi connectivity index (χ2v) is 4.76. The second kappa shape index (κ2) is 3.78. The Morgan fingerprint density at radius 2 is 1.77 bits per heavy atom. The normalized spacial score (nSPS) is 12.0. The van der Waals surface area contributed by atoms with Crippen molar-refractivity contribution in [3.63, 3.8) is 0 Å². The molecule has 0 aliphatic rings. The monoisotopic (exact) mass is 183 g/mol. The molecule has 0 aliphatic heterocycles. The summed E-state index contributed by atoms with van der Waals surface area (Å²) in [7, 11) is 0. The fraction of sp³-hybridized carbons (Fsp3) is 0.800. The van der Waals surface area contributed by atoms with Gasteiger partial charge < -0.3 is 4.74 Å². The Kier molecular flexibility index (Phi) is 3.48. The van der Waals surface area contributed by atoms with Crippen molar-refractivity contribution >= 4 is 5.97 Å². The molecule has 0 atom stereocenters. The molecule has 0 unspecified atom stereocenters. The largest absolute Gasteiger partial charge is 0.460 e. The summed E-state index contributed by atoms with van der Waals surface area (Å²) in [6.45, 7) is 8.87. The smallest absolute Gasteiger partial charge is 0.307 e. The Hall–Kier alpha value is -1.04. The van der Waals surface area contributed by atoms with Crippen LogP contribution in [0.2, 0.25) is 0 Å². The third kappa shape index (κ3) is 6.15. The first-order chi connectivity index (χ1) is 5.66. The Morgan fingerprint density at radius 3 is 2.08 bits per heavy atom. The molecule has 0 bridgehead atoms. The van der Waals surface area contributed by atoms with Crippen LogP contribution in [0, 0.1) is 16.7 Å². The average molecular weight is 183 g/mol. The molecule has 0 aromatic heterocycles. The van der Waals surface area contributed by atoms with Gasteiger partial charge >= 0.3 is 5.97 Å². The summed E-state index contributed by atoms with van der Waals surface area (Å²) in [5.41, 5.74) is -1.11. The summed E-state index contributed by atoms with van der Waals surface area (Å²) >= 11 is 0. The fourth-order valence-corrected chi connectivity index (χ4v) is 0.778. The predicted molar refractivity (Wildman–Crippen MR) is 49.9 cm³/mol. The van der Waals surface area contributed by atoms with Crippen LogP contribution in [0.25, 0.3) is 0 Å². The van der Waals surface area contributed by atoms with Gasteiger partial charge in [0, 0.05) is 0 Å². The van der Waals surface area contributed by atoms with Gasteiger partial charge in [0.15, 0.2) is 0 Å². The molecule has 0 aliphatic carbocycles. The third-order valence-electron chi connectivity index (χ3n) is 1.31. The van der Waals surface area contributed by atoms with E-state index in [0.717, 1.165) is 0 Å². The lowest BCUT2D eigenvalue weighted by Gasteiger charge is -2.22. The summed E-state index contributed by atoms with van der Waals surface area (Å²) < 4.78 is 5.09. The van der Waals surface area contributed by atoms with Crippen molar-refractivity contribution in [1.29, 1.82) is 5.26 Å². The standard InChI is InChI=1S/C10H17NO2/c1-9(2,3)13-8(12)6-10(4,5)7-11/h6H2,1-5H3. The molecule has 3 heteroatoms. The zero-order valence-corrected chi connectivity index (χ0v) is 8.97. The Balaban J connectivity index is 4.13. The Bertz CT molecular complexity index is 230. The Labute approximate surface area is 79.7 Å². The SMILES string of the molecule is CC(C)(C#N)CC(=O)OC(C)(C)C. The summed E-state index contributed by atoms with van der Waals surface area (Å²) in [4.78, 5) is 11.3. The van der Waals surface area contributed by atoms with Gasteiger partial charge in [-0.25, -0.2) is 0 Å². The highest BCUT2D eigenvalue weighted by Crippen LogP contribution is 2.21. The van der Waals surface area contributed by atoms with E-state index in [1.807, 2.05) is 20.8 Å². The average Bonchev–Trinajstić information content (AvgIpc) is 1.81. The van der Waals surface area contributed by atoms with E-state index in [4.69, 9.17) is 10.00 Å². The zero-order valence-electron chi connectivity index (χ0n) is 8.97. The summed E-state index contributed by atoms with van der Waals surface area (Å²) in [5, 5.41) is 8.68. The van der Waals surface area contributed by atoms with Gasteiger partial charge in [0.25, 0.3) is 0 Å². The molecular weight excluding hydrogens is 166 g/mol. The van der Waals surface area contributed by atoms with Crippen molar-refractivity contribution in [2.75, 3.05) is 0 Å². The van der Waals surface area contributed by atoms with Crippen molar-refractivity contribution in [2.45, 2.75) is 46.6 Å². The summed E-state index contributed by atoms with van der Waals surface area (Å²) in [6.07, 6.45) is 0.140. The number of esters is 1. The molecule has 0 radical (unpaired) electrons. The predicted octanol–water partition coefficient (Wildman–Crippen LogP) is 2.27. The highest BCUT2D eigenvalue weighted by molar-refractivity contribution is 5.71. The molecule has 0 heterocycles.